The number of hydrogen-bond donors (Lipinski definition) is 2. The molecule has 302 valence electrons. The zero-order valence-corrected chi connectivity index (χ0v) is 34.6. The Hall–Kier alpha value is -5.86. The number of piperazine rings is 1. The maximum Gasteiger partial charge on any atom is 0.293 e. The average molecular weight is 822 g/mol. The first kappa shape index (κ1) is 41.8. The van der Waals surface area contributed by atoms with Crippen LogP contribution in [0.25, 0.3) is 11.1 Å². The van der Waals surface area contributed by atoms with E-state index in [4.69, 9.17) is 4.74 Å². The Balaban J connectivity index is 1.06. The Labute approximate surface area is 343 Å². The van der Waals surface area contributed by atoms with Crippen LogP contribution in [0.3, 0.4) is 0 Å². The van der Waals surface area contributed by atoms with Crippen molar-refractivity contribution in [3.05, 3.63) is 142 Å². The van der Waals surface area contributed by atoms with Crippen LogP contribution >= 0.6 is 11.8 Å². The van der Waals surface area contributed by atoms with Crippen molar-refractivity contribution in [1.29, 1.82) is 0 Å². The van der Waals surface area contributed by atoms with Gasteiger partial charge in [-0.2, -0.15) is 0 Å². The third kappa shape index (κ3) is 10.4. The van der Waals surface area contributed by atoms with Crippen molar-refractivity contribution >= 4 is 50.7 Å². The second-order valence-electron chi connectivity index (χ2n) is 14.8. The van der Waals surface area contributed by atoms with Crippen LogP contribution in [0.5, 0.6) is 5.75 Å². The highest BCUT2D eigenvalue weighted by Gasteiger charge is 2.27. The number of sulfonamides is 1. The molecule has 0 saturated carbocycles. The molecule has 12 nitrogen and oxygen atoms in total. The molecular weight excluding hydrogens is 775 g/mol. The van der Waals surface area contributed by atoms with Crippen LogP contribution in [0, 0.1) is 10.1 Å². The molecule has 5 aromatic rings. The van der Waals surface area contributed by atoms with Crippen molar-refractivity contribution in [2.75, 3.05) is 55.3 Å². The minimum atomic E-state index is -4.43. The molecule has 14 heteroatoms. The topological polar surface area (TPSA) is 151 Å². The van der Waals surface area contributed by atoms with Gasteiger partial charge in [0.1, 0.15) is 11.4 Å². The SMILES string of the molecule is CCOc1cccc(-c2cc(C(=O)N3CCN(c4ccc(C(=O)NS(=O)(=O)c5ccc(NCCSc6ccccc6)c([N+](=O)[O-])c5)cc4)CC3)cc(C(C)(C)C)c2)c1. The number of ether oxygens (including phenoxy) is 1. The van der Waals surface area contributed by atoms with Crippen molar-refractivity contribution in [3.63, 3.8) is 0 Å². The van der Waals surface area contributed by atoms with Gasteiger partial charge in [0.05, 0.1) is 16.4 Å². The number of carbonyl (C=O) groups excluding carboxylic acids is 2. The summed E-state index contributed by atoms with van der Waals surface area (Å²) >= 11 is 1.58. The highest BCUT2D eigenvalue weighted by atomic mass is 32.2. The molecule has 0 atom stereocenters. The van der Waals surface area contributed by atoms with Gasteiger partial charge in [0.2, 0.25) is 0 Å². The Morgan fingerprint density at radius 1 is 0.828 bits per heavy atom. The predicted molar refractivity (Wildman–Crippen MR) is 230 cm³/mol. The fourth-order valence-electron chi connectivity index (χ4n) is 6.55. The normalized spacial score (nSPS) is 13.2. The van der Waals surface area contributed by atoms with E-state index < -0.39 is 31.4 Å². The van der Waals surface area contributed by atoms with Crippen LogP contribution in [0.4, 0.5) is 17.1 Å². The second-order valence-corrected chi connectivity index (χ2v) is 17.6. The van der Waals surface area contributed by atoms with E-state index in [1.165, 1.54) is 24.3 Å². The van der Waals surface area contributed by atoms with E-state index in [0.717, 1.165) is 39.1 Å². The molecule has 2 amide bonds. The number of thioether (sulfide) groups is 1. The summed E-state index contributed by atoms with van der Waals surface area (Å²) in [5.74, 6) is 0.490. The molecule has 5 aromatic carbocycles. The number of rotatable bonds is 14. The molecule has 1 heterocycles. The van der Waals surface area contributed by atoms with Crippen LogP contribution < -0.4 is 19.7 Å². The second kappa shape index (κ2) is 18.2. The monoisotopic (exact) mass is 821 g/mol. The fourth-order valence-corrected chi connectivity index (χ4v) is 8.33. The first-order valence-corrected chi connectivity index (χ1v) is 21.5. The number of nitrogens with zero attached hydrogens (tertiary/aromatic N) is 3. The van der Waals surface area contributed by atoms with Crippen molar-refractivity contribution < 1.29 is 27.7 Å². The predicted octanol–water partition coefficient (Wildman–Crippen LogP) is 8.24. The van der Waals surface area contributed by atoms with E-state index in [2.05, 4.69) is 37.1 Å². The Bertz CT molecular complexity index is 2380. The third-order valence-corrected chi connectivity index (χ3v) is 12.1. The average Bonchev–Trinajstić information content (AvgIpc) is 3.22. The number of nitrogens with one attached hydrogen (secondary N) is 2. The van der Waals surface area contributed by atoms with Gasteiger partial charge in [-0.05, 0) is 102 Å². The summed E-state index contributed by atoms with van der Waals surface area (Å²) in [4.78, 5) is 42.8. The number of nitro benzene ring substituents is 1. The number of hydrogen-bond acceptors (Lipinski definition) is 10. The van der Waals surface area contributed by atoms with Gasteiger partial charge in [-0.3, -0.25) is 19.7 Å². The van der Waals surface area contributed by atoms with Crippen LogP contribution in [0.15, 0.2) is 125 Å². The molecule has 2 N–H and O–H groups in total. The first-order valence-electron chi connectivity index (χ1n) is 19.0. The highest BCUT2D eigenvalue weighted by Crippen LogP contribution is 2.32. The largest absolute Gasteiger partial charge is 0.494 e. The van der Waals surface area contributed by atoms with Crippen molar-refractivity contribution in [1.82, 2.24) is 9.62 Å². The summed E-state index contributed by atoms with van der Waals surface area (Å²) in [5.41, 5.74) is 4.10. The molecule has 1 saturated heterocycles. The van der Waals surface area contributed by atoms with Gasteiger partial charge < -0.3 is 19.9 Å². The van der Waals surface area contributed by atoms with Crippen LogP contribution in [0.2, 0.25) is 0 Å². The standard InChI is InChI=1S/C44H47N5O7S2/c1-5-56-37-11-9-10-32(29-37)33-26-34(28-35(27-33)44(2,3)4)43(51)48-23-21-47(22-24-48)36-16-14-31(15-17-36)42(50)46-58(54,55)39-18-19-40(41(30-39)49(52)53)45-20-25-57-38-12-7-6-8-13-38/h6-19,26-30,45H,5,20-25H2,1-4H3,(H,46,50). The Morgan fingerprint density at radius 2 is 1.55 bits per heavy atom. The molecule has 6 rings (SSSR count). The molecule has 58 heavy (non-hydrogen) atoms. The molecule has 1 aliphatic rings. The zero-order valence-electron chi connectivity index (χ0n) is 32.9. The van der Waals surface area contributed by atoms with E-state index >= 15 is 0 Å². The number of benzene rings is 5. The smallest absolute Gasteiger partial charge is 0.293 e. The van der Waals surface area contributed by atoms with E-state index in [0.29, 0.717) is 50.6 Å². The van der Waals surface area contributed by atoms with E-state index in [9.17, 15) is 28.1 Å². The molecule has 1 fully saturated rings. The highest BCUT2D eigenvalue weighted by molar-refractivity contribution is 7.99. The Morgan fingerprint density at radius 3 is 2.22 bits per heavy atom. The molecular formula is C44H47N5O7S2. The van der Waals surface area contributed by atoms with Gasteiger partial charge in [-0.1, -0.05) is 57.2 Å². The quantitative estimate of drug-likeness (QED) is 0.0485. The molecule has 0 aromatic heterocycles. The molecule has 0 spiro atoms. The molecule has 0 radical (unpaired) electrons. The van der Waals surface area contributed by atoms with Crippen molar-refractivity contribution in [2.24, 2.45) is 0 Å². The van der Waals surface area contributed by atoms with Gasteiger partial charge in [0.15, 0.2) is 0 Å². The maximum atomic E-state index is 13.9. The Kier molecular flexibility index (Phi) is 13.1. The van der Waals surface area contributed by atoms with E-state index in [-0.39, 0.29) is 22.6 Å². The number of carbonyl (C=O) groups is 2. The summed E-state index contributed by atoms with van der Waals surface area (Å²) in [6.07, 6.45) is 0. The van der Waals surface area contributed by atoms with Crippen LogP contribution in [-0.4, -0.2) is 75.1 Å². The first-order chi connectivity index (χ1) is 27.7. The minimum Gasteiger partial charge on any atom is -0.494 e. The zero-order chi connectivity index (χ0) is 41.5. The van der Waals surface area contributed by atoms with Gasteiger partial charge in [0, 0.05) is 66.3 Å². The summed E-state index contributed by atoms with van der Waals surface area (Å²) in [6, 6.07) is 33.7. The van der Waals surface area contributed by atoms with E-state index in [1.54, 1.807) is 23.9 Å². The van der Waals surface area contributed by atoms with Gasteiger partial charge in [0.25, 0.3) is 27.5 Å². The molecule has 0 unspecified atom stereocenters. The minimum absolute atomic E-state index is 0.0460. The van der Waals surface area contributed by atoms with Gasteiger partial charge >= 0.3 is 0 Å². The lowest BCUT2D eigenvalue weighted by atomic mass is 9.84. The number of nitro groups is 1. The van der Waals surface area contributed by atoms with Crippen molar-refractivity contribution in [2.45, 2.75) is 42.9 Å². The molecule has 0 aliphatic carbocycles. The van der Waals surface area contributed by atoms with Crippen LogP contribution in [0.1, 0.15) is 54.0 Å². The lowest BCUT2D eigenvalue weighted by Crippen LogP contribution is -2.48. The molecule has 1 aliphatic heterocycles. The molecule has 0 bridgehead atoms. The van der Waals surface area contributed by atoms with Gasteiger partial charge in [-0.25, -0.2) is 13.1 Å². The van der Waals surface area contributed by atoms with E-state index in [1.807, 2.05) is 83.3 Å². The van der Waals surface area contributed by atoms with Crippen molar-refractivity contribution in [3.8, 4) is 16.9 Å². The lowest BCUT2D eigenvalue weighted by molar-refractivity contribution is -0.384. The number of amides is 2. The van der Waals surface area contributed by atoms with Crippen LogP contribution in [-0.2, 0) is 15.4 Å². The summed E-state index contributed by atoms with van der Waals surface area (Å²) < 4.78 is 34.2. The van der Waals surface area contributed by atoms with Gasteiger partial charge in [-0.15, -0.1) is 11.8 Å². The maximum absolute atomic E-state index is 13.9. The lowest BCUT2D eigenvalue weighted by Gasteiger charge is -2.36. The fraction of sp³-hybridized carbons (Fsp3) is 0.273. The summed E-state index contributed by atoms with van der Waals surface area (Å²) in [6.45, 7) is 11.4. The summed E-state index contributed by atoms with van der Waals surface area (Å²) in [7, 11) is -4.43. The third-order valence-electron chi connectivity index (χ3n) is 9.72. The summed E-state index contributed by atoms with van der Waals surface area (Å²) in [5, 5.41) is 14.9. The number of anilines is 2.